The SMILES string of the molecule is CNCCCC(=O)c1ccc(CN(C)CCCCCC(=O)N(C)CCN2CCC(OC(=O)Nc3ccccc3-c3ccccc3)CC2)cc1.Cl.Cl.Cl. The molecule has 1 aliphatic rings. The molecule has 1 heterocycles. The monoisotopic (exact) mass is 777 g/mol. The number of amides is 2. The first-order valence-corrected chi connectivity index (χ1v) is 17.9. The first-order chi connectivity index (χ1) is 23.8. The molecule has 3 aromatic carbocycles. The Bertz CT molecular complexity index is 1460. The molecule has 0 unspecified atom stereocenters. The summed E-state index contributed by atoms with van der Waals surface area (Å²) in [6, 6.07) is 25.7. The van der Waals surface area contributed by atoms with Crippen LogP contribution in [0, 0.1) is 0 Å². The van der Waals surface area contributed by atoms with E-state index in [0.717, 1.165) is 100 Å². The molecule has 52 heavy (non-hydrogen) atoms. The summed E-state index contributed by atoms with van der Waals surface area (Å²) in [5.74, 6) is 0.394. The van der Waals surface area contributed by atoms with Crippen molar-refractivity contribution in [2.75, 3.05) is 65.7 Å². The Morgan fingerprint density at radius 2 is 1.46 bits per heavy atom. The molecule has 1 saturated heterocycles. The zero-order valence-corrected chi connectivity index (χ0v) is 33.3. The lowest BCUT2D eigenvalue weighted by molar-refractivity contribution is -0.130. The molecule has 12 heteroatoms. The van der Waals surface area contributed by atoms with Crippen molar-refractivity contribution in [3.8, 4) is 11.1 Å². The number of carbonyl (C=O) groups excluding carboxylic acids is 3. The smallest absolute Gasteiger partial charge is 0.411 e. The maximum atomic E-state index is 12.7. The van der Waals surface area contributed by atoms with E-state index in [-0.39, 0.29) is 55.0 Å². The standard InChI is InChI=1S/C40H55N5O4.3ClH/c1-41-25-12-17-38(46)34-21-19-32(20-22-34)31-43(2)26-11-5-8-18-39(47)44(3)29-30-45-27-23-35(24-28-45)49-40(48)42-37-16-10-9-15-36(37)33-13-6-4-7-14-33;;;/h4,6-7,9-10,13-16,19-22,35,41H,5,8,11-12,17-18,23-31H2,1-3H3,(H,42,48);3*1H. The van der Waals surface area contributed by atoms with E-state index < -0.39 is 6.09 Å². The Morgan fingerprint density at radius 1 is 0.788 bits per heavy atom. The van der Waals surface area contributed by atoms with Crippen molar-refractivity contribution in [3.63, 3.8) is 0 Å². The minimum absolute atomic E-state index is 0. The topological polar surface area (TPSA) is 94.2 Å². The molecule has 0 bridgehead atoms. The zero-order chi connectivity index (χ0) is 34.8. The van der Waals surface area contributed by atoms with E-state index in [1.165, 1.54) is 5.56 Å². The fourth-order valence-electron chi connectivity index (χ4n) is 6.20. The lowest BCUT2D eigenvalue weighted by atomic mass is 10.0. The van der Waals surface area contributed by atoms with Crippen LogP contribution in [0.15, 0.2) is 78.9 Å². The summed E-state index contributed by atoms with van der Waals surface area (Å²) in [6.45, 7) is 5.87. The Balaban J connectivity index is 0.00000451. The van der Waals surface area contributed by atoms with Gasteiger partial charge < -0.3 is 24.8 Å². The van der Waals surface area contributed by atoms with E-state index in [4.69, 9.17) is 4.74 Å². The number of hydrogen-bond acceptors (Lipinski definition) is 7. The van der Waals surface area contributed by atoms with E-state index in [2.05, 4.69) is 39.6 Å². The van der Waals surface area contributed by atoms with Gasteiger partial charge in [0, 0.05) is 63.7 Å². The molecule has 2 amide bonds. The number of carbonyl (C=O) groups is 3. The molecule has 0 radical (unpaired) electrons. The molecule has 1 aliphatic heterocycles. The van der Waals surface area contributed by atoms with E-state index >= 15 is 0 Å². The van der Waals surface area contributed by atoms with Gasteiger partial charge in [0.1, 0.15) is 6.10 Å². The molecule has 9 nitrogen and oxygen atoms in total. The molecule has 0 saturated carbocycles. The molecule has 3 aromatic rings. The van der Waals surface area contributed by atoms with Gasteiger partial charge in [-0.3, -0.25) is 14.9 Å². The summed E-state index contributed by atoms with van der Waals surface area (Å²) in [6.07, 6.45) is 5.97. The average Bonchev–Trinajstić information content (AvgIpc) is 3.12. The zero-order valence-electron chi connectivity index (χ0n) is 30.9. The molecular weight excluding hydrogens is 721 g/mol. The highest BCUT2D eigenvalue weighted by molar-refractivity contribution is 5.96. The van der Waals surface area contributed by atoms with Crippen LogP contribution >= 0.6 is 37.2 Å². The quantitative estimate of drug-likeness (QED) is 0.0943. The Morgan fingerprint density at radius 3 is 2.15 bits per heavy atom. The van der Waals surface area contributed by atoms with Crippen LogP contribution in [0.5, 0.6) is 0 Å². The Kier molecular flexibility index (Phi) is 23.2. The number of likely N-dealkylation sites (tertiary alicyclic amines) is 1. The molecule has 0 aliphatic carbocycles. The second-order valence-corrected chi connectivity index (χ2v) is 13.2. The summed E-state index contributed by atoms with van der Waals surface area (Å²) in [5, 5.41) is 6.02. The number of nitrogens with zero attached hydrogens (tertiary/aromatic N) is 3. The van der Waals surface area contributed by atoms with Crippen molar-refractivity contribution < 1.29 is 19.1 Å². The van der Waals surface area contributed by atoms with Crippen LogP contribution in [0.1, 0.15) is 67.3 Å². The van der Waals surface area contributed by atoms with Crippen molar-refractivity contribution in [2.45, 2.75) is 64.0 Å². The van der Waals surface area contributed by atoms with Crippen molar-refractivity contribution in [3.05, 3.63) is 90.0 Å². The highest BCUT2D eigenvalue weighted by atomic mass is 35.5. The third kappa shape index (κ3) is 16.2. The van der Waals surface area contributed by atoms with Gasteiger partial charge in [0.25, 0.3) is 0 Å². The van der Waals surface area contributed by atoms with Gasteiger partial charge in [-0.25, -0.2) is 4.79 Å². The van der Waals surface area contributed by atoms with Crippen LogP contribution in [-0.4, -0.2) is 99.0 Å². The molecule has 4 rings (SSSR count). The highest BCUT2D eigenvalue weighted by Gasteiger charge is 2.23. The molecule has 288 valence electrons. The predicted octanol–water partition coefficient (Wildman–Crippen LogP) is 7.97. The van der Waals surface area contributed by atoms with Crippen LogP contribution < -0.4 is 10.6 Å². The summed E-state index contributed by atoms with van der Waals surface area (Å²) >= 11 is 0. The number of Topliss-reactive ketones (excluding diaryl/α,β-unsaturated/α-hetero) is 1. The number of benzene rings is 3. The van der Waals surface area contributed by atoms with Crippen LogP contribution in [0.4, 0.5) is 10.5 Å². The maximum Gasteiger partial charge on any atom is 0.411 e. The van der Waals surface area contributed by atoms with Gasteiger partial charge in [0.05, 0.1) is 5.69 Å². The molecule has 2 N–H and O–H groups in total. The molecular formula is C40H58Cl3N5O4. The number of ketones is 1. The first kappa shape index (κ1) is 46.8. The van der Waals surface area contributed by atoms with Gasteiger partial charge in [-0.1, -0.05) is 79.2 Å². The third-order valence-corrected chi connectivity index (χ3v) is 9.22. The predicted molar refractivity (Wildman–Crippen MR) is 220 cm³/mol. The summed E-state index contributed by atoms with van der Waals surface area (Å²) < 4.78 is 5.78. The van der Waals surface area contributed by atoms with Gasteiger partial charge >= 0.3 is 6.09 Å². The summed E-state index contributed by atoms with van der Waals surface area (Å²) in [4.78, 5) is 44.3. The van der Waals surface area contributed by atoms with Gasteiger partial charge in [-0.15, -0.1) is 37.2 Å². The number of likely N-dealkylation sites (N-methyl/N-ethyl adjacent to an activating group) is 1. The number of unbranched alkanes of at least 4 members (excludes halogenated alkanes) is 2. The molecule has 0 aromatic heterocycles. The average molecular weight is 779 g/mol. The van der Waals surface area contributed by atoms with E-state index in [1.807, 2.05) is 85.7 Å². The largest absolute Gasteiger partial charge is 0.446 e. The van der Waals surface area contributed by atoms with E-state index in [0.29, 0.717) is 19.4 Å². The van der Waals surface area contributed by atoms with E-state index in [9.17, 15) is 14.4 Å². The van der Waals surface area contributed by atoms with Crippen LogP contribution in [0.2, 0.25) is 0 Å². The minimum Gasteiger partial charge on any atom is -0.446 e. The molecule has 0 atom stereocenters. The van der Waals surface area contributed by atoms with E-state index in [1.54, 1.807) is 0 Å². The molecule has 1 fully saturated rings. The Labute approximate surface area is 329 Å². The van der Waals surface area contributed by atoms with Gasteiger partial charge in [0.15, 0.2) is 5.78 Å². The van der Waals surface area contributed by atoms with Crippen molar-refractivity contribution >= 4 is 60.7 Å². The lowest BCUT2D eigenvalue weighted by Crippen LogP contribution is -2.42. The second-order valence-electron chi connectivity index (χ2n) is 13.2. The number of piperidine rings is 1. The van der Waals surface area contributed by atoms with Crippen LogP contribution in [0.25, 0.3) is 11.1 Å². The maximum absolute atomic E-state index is 12.7. The number of ether oxygens (including phenoxy) is 1. The van der Waals surface area contributed by atoms with Crippen molar-refractivity contribution in [1.29, 1.82) is 0 Å². The lowest BCUT2D eigenvalue weighted by Gasteiger charge is -2.32. The number of nitrogens with one attached hydrogen (secondary N) is 2. The summed E-state index contributed by atoms with van der Waals surface area (Å²) in [7, 11) is 5.91. The Hall–Kier alpha value is -3.18. The number of anilines is 1. The number of hydrogen-bond donors (Lipinski definition) is 2. The number of halogens is 3. The minimum atomic E-state index is -0.422. The number of rotatable bonds is 19. The van der Waals surface area contributed by atoms with Gasteiger partial charge in [-0.2, -0.15) is 0 Å². The van der Waals surface area contributed by atoms with Crippen molar-refractivity contribution in [1.82, 2.24) is 20.0 Å². The van der Waals surface area contributed by atoms with Crippen molar-refractivity contribution in [2.24, 2.45) is 0 Å². The van der Waals surface area contributed by atoms with Crippen LogP contribution in [0.3, 0.4) is 0 Å². The normalized spacial score (nSPS) is 12.9. The third-order valence-electron chi connectivity index (χ3n) is 9.22. The molecule has 0 spiro atoms. The first-order valence-electron chi connectivity index (χ1n) is 17.9. The fourth-order valence-corrected chi connectivity index (χ4v) is 6.20. The second kappa shape index (κ2) is 25.7. The van der Waals surface area contributed by atoms with Gasteiger partial charge in [-0.05, 0) is 76.5 Å². The van der Waals surface area contributed by atoms with Crippen LogP contribution in [-0.2, 0) is 16.1 Å². The number of para-hydroxylation sites is 1. The highest BCUT2D eigenvalue weighted by Crippen LogP contribution is 2.28. The van der Waals surface area contributed by atoms with Gasteiger partial charge in [0.2, 0.25) is 5.91 Å². The fraction of sp³-hybridized carbons (Fsp3) is 0.475. The summed E-state index contributed by atoms with van der Waals surface area (Å²) in [5.41, 5.74) is 4.73.